The van der Waals surface area contributed by atoms with E-state index in [1.807, 2.05) is 55.5 Å². The van der Waals surface area contributed by atoms with Crippen molar-refractivity contribution < 1.29 is 23.5 Å². The lowest BCUT2D eigenvalue weighted by molar-refractivity contribution is -0.123. The minimum atomic E-state index is -1.80. The molecule has 2 aromatic carbocycles. The Morgan fingerprint density at radius 2 is 2.04 bits per heavy atom. The van der Waals surface area contributed by atoms with Crippen LogP contribution >= 0.6 is 0 Å². The molecule has 0 aromatic heterocycles. The standard InChI is InChI=1S/C21H21FN2O4/c1-14-6-8-17(9-7-14)26-13-19(25)23-12-15-4-3-5-16(10-15)18-11-21(28-24-18)20(2,22)27-21/h3-10H,11-13H2,1-2H3,(H,23,25). The molecule has 0 bridgehead atoms. The number of nitrogens with zero attached hydrogens (tertiary/aromatic N) is 1. The maximum atomic E-state index is 13.9. The summed E-state index contributed by atoms with van der Waals surface area (Å²) in [4.78, 5) is 17.2. The van der Waals surface area contributed by atoms with Gasteiger partial charge in [0.1, 0.15) is 5.75 Å². The van der Waals surface area contributed by atoms with Gasteiger partial charge in [-0.1, -0.05) is 41.1 Å². The van der Waals surface area contributed by atoms with Crippen molar-refractivity contribution in [1.29, 1.82) is 0 Å². The number of aryl methyl sites for hydroxylation is 1. The van der Waals surface area contributed by atoms with E-state index in [0.717, 1.165) is 16.7 Å². The number of nitrogens with one attached hydrogen (secondary N) is 1. The Morgan fingerprint density at radius 1 is 1.29 bits per heavy atom. The number of rotatable bonds is 6. The Morgan fingerprint density at radius 3 is 2.71 bits per heavy atom. The largest absolute Gasteiger partial charge is 0.484 e. The average Bonchev–Trinajstić information content (AvgIpc) is 3.01. The molecule has 0 aliphatic carbocycles. The molecule has 1 spiro atoms. The van der Waals surface area contributed by atoms with E-state index in [1.54, 1.807) is 0 Å². The lowest BCUT2D eigenvalue weighted by Gasteiger charge is -2.09. The van der Waals surface area contributed by atoms with Crippen LogP contribution in [0, 0.1) is 6.92 Å². The van der Waals surface area contributed by atoms with Crippen LogP contribution in [-0.4, -0.2) is 29.9 Å². The first-order chi connectivity index (χ1) is 13.4. The van der Waals surface area contributed by atoms with E-state index >= 15 is 0 Å². The van der Waals surface area contributed by atoms with Crippen molar-refractivity contribution in [3.05, 3.63) is 65.2 Å². The van der Waals surface area contributed by atoms with E-state index in [4.69, 9.17) is 14.3 Å². The number of hydrogen-bond donors (Lipinski definition) is 1. The maximum Gasteiger partial charge on any atom is 0.304 e. The van der Waals surface area contributed by atoms with Crippen LogP contribution in [-0.2, 0) is 20.9 Å². The van der Waals surface area contributed by atoms with Gasteiger partial charge in [-0.25, -0.2) is 4.39 Å². The molecule has 2 aromatic rings. The van der Waals surface area contributed by atoms with Gasteiger partial charge in [0.15, 0.2) is 6.61 Å². The Kier molecular flexibility index (Phi) is 4.55. The number of carbonyl (C=O) groups is 1. The molecular formula is C21H21FN2O4. The molecule has 1 amide bonds. The molecule has 1 N–H and O–H groups in total. The summed E-state index contributed by atoms with van der Waals surface area (Å²) in [6, 6.07) is 15.0. The number of amides is 1. The fourth-order valence-electron chi connectivity index (χ4n) is 3.04. The third-order valence-corrected chi connectivity index (χ3v) is 4.84. The lowest BCUT2D eigenvalue weighted by Crippen LogP contribution is -2.28. The molecule has 2 heterocycles. The van der Waals surface area contributed by atoms with Crippen LogP contribution in [0.4, 0.5) is 4.39 Å². The first-order valence-corrected chi connectivity index (χ1v) is 9.06. The number of ether oxygens (including phenoxy) is 2. The van der Waals surface area contributed by atoms with E-state index < -0.39 is 11.6 Å². The predicted molar refractivity (Wildman–Crippen MR) is 101 cm³/mol. The molecule has 2 aliphatic heterocycles. The van der Waals surface area contributed by atoms with Gasteiger partial charge in [-0.05, 0) is 36.2 Å². The summed E-state index contributed by atoms with van der Waals surface area (Å²) in [5.41, 5.74) is 3.46. The van der Waals surface area contributed by atoms with Gasteiger partial charge in [0.05, 0.1) is 12.1 Å². The summed E-state index contributed by atoms with van der Waals surface area (Å²) in [5.74, 6) is -2.65. The zero-order chi connectivity index (χ0) is 19.8. The number of halogens is 1. The molecule has 4 rings (SSSR count). The SMILES string of the molecule is Cc1ccc(OCC(=O)NCc2cccc(C3=NOC4(C3)OC4(C)F)c2)cc1. The molecule has 28 heavy (non-hydrogen) atoms. The highest BCUT2D eigenvalue weighted by atomic mass is 19.2. The monoisotopic (exact) mass is 384 g/mol. The van der Waals surface area contributed by atoms with Gasteiger partial charge in [0.2, 0.25) is 0 Å². The summed E-state index contributed by atoms with van der Waals surface area (Å²) in [5, 5.41) is 6.79. The van der Waals surface area contributed by atoms with Crippen molar-refractivity contribution in [3.8, 4) is 5.75 Å². The molecule has 0 saturated carbocycles. The van der Waals surface area contributed by atoms with Gasteiger partial charge in [0.25, 0.3) is 11.8 Å². The second-order valence-corrected chi connectivity index (χ2v) is 7.16. The first kappa shape index (κ1) is 18.4. The number of alkyl halides is 1. The highest BCUT2D eigenvalue weighted by molar-refractivity contribution is 6.02. The topological polar surface area (TPSA) is 72.5 Å². The summed E-state index contributed by atoms with van der Waals surface area (Å²) >= 11 is 0. The van der Waals surface area contributed by atoms with Gasteiger partial charge in [-0.2, -0.15) is 0 Å². The van der Waals surface area contributed by atoms with Crippen molar-refractivity contribution in [3.63, 3.8) is 0 Å². The molecule has 2 aliphatic rings. The molecule has 2 atom stereocenters. The van der Waals surface area contributed by atoms with E-state index in [0.29, 0.717) is 18.0 Å². The summed E-state index contributed by atoms with van der Waals surface area (Å²) < 4.78 is 24.3. The molecule has 7 heteroatoms. The quantitative estimate of drug-likeness (QED) is 0.776. The van der Waals surface area contributed by atoms with Crippen molar-refractivity contribution >= 4 is 11.6 Å². The molecule has 6 nitrogen and oxygen atoms in total. The van der Waals surface area contributed by atoms with Crippen molar-refractivity contribution in [2.24, 2.45) is 5.16 Å². The zero-order valence-electron chi connectivity index (χ0n) is 15.7. The molecular weight excluding hydrogens is 363 g/mol. The summed E-state index contributed by atoms with van der Waals surface area (Å²) in [6.45, 7) is 3.61. The highest BCUT2D eigenvalue weighted by Gasteiger charge is 2.75. The third kappa shape index (κ3) is 3.71. The van der Waals surface area contributed by atoms with Crippen molar-refractivity contribution in [2.75, 3.05) is 6.61 Å². The van der Waals surface area contributed by atoms with Crippen LogP contribution in [0.5, 0.6) is 5.75 Å². The number of carbonyl (C=O) groups excluding carboxylic acids is 1. The number of oxime groups is 1. The van der Waals surface area contributed by atoms with Crippen LogP contribution < -0.4 is 10.1 Å². The third-order valence-electron chi connectivity index (χ3n) is 4.84. The zero-order valence-corrected chi connectivity index (χ0v) is 15.7. The fraction of sp³-hybridized carbons (Fsp3) is 0.333. The van der Waals surface area contributed by atoms with E-state index in [9.17, 15) is 9.18 Å². The minimum absolute atomic E-state index is 0.0573. The van der Waals surface area contributed by atoms with Gasteiger partial charge < -0.3 is 14.9 Å². The second kappa shape index (κ2) is 6.91. The first-order valence-electron chi connectivity index (χ1n) is 9.06. The molecule has 2 unspecified atom stereocenters. The number of epoxide rings is 1. The fourth-order valence-corrected chi connectivity index (χ4v) is 3.04. The molecule has 1 saturated heterocycles. The van der Waals surface area contributed by atoms with Crippen LogP contribution in [0.15, 0.2) is 53.7 Å². The Labute approximate surface area is 162 Å². The summed E-state index contributed by atoms with van der Waals surface area (Å²) in [6.07, 6.45) is 0.250. The molecule has 0 radical (unpaired) electrons. The van der Waals surface area contributed by atoms with Gasteiger partial charge >= 0.3 is 5.79 Å². The lowest BCUT2D eigenvalue weighted by atomic mass is 10.0. The maximum absolute atomic E-state index is 13.9. The number of hydrogen-bond acceptors (Lipinski definition) is 5. The smallest absolute Gasteiger partial charge is 0.304 e. The van der Waals surface area contributed by atoms with Gasteiger partial charge in [0, 0.05) is 13.5 Å². The van der Waals surface area contributed by atoms with Gasteiger partial charge in [-0.3, -0.25) is 9.53 Å². The number of benzene rings is 2. The Hall–Kier alpha value is -2.93. The van der Waals surface area contributed by atoms with Crippen LogP contribution in [0.1, 0.15) is 30.0 Å². The predicted octanol–water partition coefficient (Wildman–Crippen LogP) is 3.23. The summed E-state index contributed by atoms with van der Waals surface area (Å²) in [7, 11) is 0. The Balaban J connectivity index is 1.29. The highest BCUT2D eigenvalue weighted by Crippen LogP contribution is 2.55. The van der Waals surface area contributed by atoms with E-state index in [2.05, 4.69) is 10.5 Å². The normalized spacial score (nSPS) is 25.2. The van der Waals surface area contributed by atoms with Crippen LogP contribution in [0.2, 0.25) is 0 Å². The molecule has 146 valence electrons. The van der Waals surface area contributed by atoms with Gasteiger partial charge in [-0.15, -0.1) is 0 Å². The second-order valence-electron chi connectivity index (χ2n) is 7.16. The van der Waals surface area contributed by atoms with Crippen LogP contribution in [0.25, 0.3) is 0 Å². The average molecular weight is 384 g/mol. The van der Waals surface area contributed by atoms with Crippen molar-refractivity contribution in [2.45, 2.75) is 38.5 Å². The van der Waals surface area contributed by atoms with E-state index in [1.165, 1.54) is 6.92 Å². The minimum Gasteiger partial charge on any atom is -0.484 e. The van der Waals surface area contributed by atoms with Crippen LogP contribution in [0.3, 0.4) is 0 Å². The van der Waals surface area contributed by atoms with Crippen molar-refractivity contribution in [1.82, 2.24) is 5.32 Å². The molecule has 1 fully saturated rings. The van der Waals surface area contributed by atoms with E-state index in [-0.39, 0.29) is 18.9 Å². The Bertz CT molecular complexity index is 926.